The molecule has 1 heterocycles. The van der Waals surface area contributed by atoms with E-state index in [1.54, 1.807) is 6.20 Å². The van der Waals surface area contributed by atoms with Crippen LogP contribution in [-0.2, 0) is 0 Å². The predicted molar refractivity (Wildman–Crippen MR) is 76.1 cm³/mol. The molecule has 2 rings (SSSR count). The molecule has 2 atom stereocenters. The topological polar surface area (TPSA) is 85.3 Å². The molecule has 1 aromatic rings. The summed E-state index contributed by atoms with van der Waals surface area (Å²) in [5, 5.41) is 29.0. The molecule has 0 amide bonds. The van der Waals surface area contributed by atoms with Gasteiger partial charge in [0.05, 0.1) is 25.1 Å². The Morgan fingerprint density at radius 1 is 1.30 bits per heavy atom. The van der Waals surface area contributed by atoms with E-state index in [0.29, 0.717) is 13.1 Å². The largest absolute Gasteiger partial charge is 0.395 e. The van der Waals surface area contributed by atoms with Gasteiger partial charge in [-0.05, 0) is 0 Å². The summed E-state index contributed by atoms with van der Waals surface area (Å²) < 4.78 is 0. The third-order valence-electron chi connectivity index (χ3n) is 3.75. The van der Waals surface area contributed by atoms with Gasteiger partial charge in [-0.25, -0.2) is 0 Å². The van der Waals surface area contributed by atoms with Crippen molar-refractivity contribution in [2.45, 2.75) is 12.8 Å². The molecular weight excluding hydrogens is 256 g/mol. The molecule has 20 heavy (non-hydrogen) atoms. The quantitative estimate of drug-likeness (QED) is 0.668. The van der Waals surface area contributed by atoms with E-state index in [4.69, 9.17) is 10.2 Å². The zero-order valence-electron chi connectivity index (χ0n) is 11.7. The Labute approximate surface area is 118 Å². The van der Waals surface area contributed by atoms with Gasteiger partial charge < -0.3 is 10.2 Å². The minimum atomic E-state index is -0.143. The Kier molecular flexibility index (Phi) is 5.05. The Hall–Kier alpha value is -1.50. The summed E-state index contributed by atoms with van der Waals surface area (Å²) >= 11 is 0. The monoisotopic (exact) mass is 278 g/mol. The van der Waals surface area contributed by atoms with E-state index >= 15 is 0 Å². The maximum atomic E-state index is 9.14. The molecule has 0 bridgehead atoms. The van der Waals surface area contributed by atoms with Crippen molar-refractivity contribution in [2.75, 3.05) is 32.8 Å². The van der Waals surface area contributed by atoms with Gasteiger partial charge in [-0.2, -0.15) is 15.4 Å². The van der Waals surface area contributed by atoms with Crippen molar-refractivity contribution in [1.82, 2.24) is 20.3 Å². The molecule has 6 heteroatoms. The molecule has 0 aliphatic heterocycles. The second-order valence-corrected chi connectivity index (χ2v) is 5.35. The van der Waals surface area contributed by atoms with Gasteiger partial charge in [0.25, 0.3) is 0 Å². The van der Waals surface area contributed by atoms with Crippen LogP contribution < -0.4 is 0 Å². The summed E-state index contributed by atoms with van der Waals surface area (Å²) in [5.41, 5.74) is 0.761. The minimum absolute atomic E-state index is 0.0876. The second kappa shape index (κ2) is 6.78. The molecule has 0 fully saturated rings. The molecule has 0 saturated carbocycles. The normalized spacial score (nSPS) is 25.5. The van der Waals surface area contributed by atoms with Gasteiger partial charge in [-0.1, -0.05) is 31.2 Å². The number of aliphatic hydroxyl groups excluding tert-OH is 2. The van der Waals surface area contributed by atoms with E-state index < -0.39 is 0 Å². The number of hydrogen-bond donors (Lipinski definition) is 3. The maximum Gasteiger partial charge on any atom is 0.0902 e. The highest BCUT2D eigenvalue weighted by molar-refractivity contribution is 5.28. The fourth-order valence-electron chi connectivity index (χ4n) is 2.76. The van der Waals surface area contributed by atoms with Crippen molar-refractivity contribution in [3.8, 4) is 0 Å². The van der Waals surface area contributed by atoms with Gasteiger partial charge in [0.1, 0.15) is 0 Å². The lowest BCUT2D eigenvalue weighted by Gasteiger charge is -2.38. The lowest BCUT2D eigenvalue weighted by Crippen LogP contribution is -2.41. The summed E-state index contributed by atoms with van der Waals surface area (Å²) in [5.74, 6) is 0.131. The summed E-state index contributed by atoms with van der Waals surface area (Å²) in [4.78, 5) is 2.07. The molecule has 0 radical (unpaired) electrons. The molecule has 3 N–H and O–H groups in total. The van der Waals surface area contributed by atoms with Gasteiger partial charge >= 0.3 is 0 Å². The summed E-state index contributed by atoms with van der Waals surface area (Å²) in [6.07, 6.45) is 10.1. The lowest BCUT2D eigenvalue weighted by molar-refractivity contribution is 0.123. The highest BCUT2D eigenvalue weighted by atomic mass is 16.3. The third-order valence-corrected chi connectivity index (χ3v) is 3.75. The van der Waals surface area contributed by atoms with Crippen LogP contribution in [0.15, 0.2) is 30.5 Å². The number of rotatable bonds is 7. The van der Waals surface area contributed by atoms with E-state index in [0.717, 1.165) is 12.2 Å². The number of nitrogens with one attached hydrogen (secondary N) is 1. The number of aromatic amines is 1. The van der Waals surface area contributed by atoms with Crippen molar-refractivity contribution in [2.24, 2.45) is 5.41 Å². The molecule has 0 spiro atoms. The molecular formula is C14H22N4O2. The Morgan fingerprint density at radius 2 is 2.05 bits per heavy atom. The molecule has 6 nitrogen and oxygen atoms in total. The van der Waals surface area contributed by atoms with Gasteiger partial charge in [0.2, 0.25) is 0 Å². The minimum Gasteiger partial charge on any atom is -0.395 e. The van der Waals surface area contributed by atoms with Crippen molar-refractivity contribution in [3.63, 3.8) is 0 Å². The van der Waals surface area contributed by atoms with Gasteiger partial charge in [0.15, 0.2) is 0 Å². The molecule has 1 aliphatic carbocycles. The first-order chi connectivity index (χ1) is 9.69. The van der Waals surface area contributed by atoms with E-state index in [1.165, 1.54) is 0 Å². The van der Waals surface area contributed by atoms with Crippen LogP contribution in [0.2, 0.25) is 0 Å². The highest BCUT2D eigenvalue weighted by Crippen LogP contribution is 2.40. The predicted octanol–water partition coefficient (Wildman–Crippen LogP) is 0.307. The molecule has 0 saturated heterocycles. The third kappa shape index (κ3) is 3.33. The van der Waals surface area contributed by atoms with Crippen molar-refractivity contribution >= 4 is 0 Å². The molecule has 1 aliphatic rings. The van der Waals surface area contributed by atoms with E-state index in [9.17, 15) is 0 Å². The van der Waals surface area contributed by atoms with Crippen LogP contribution in [0.4, 0.5) is 0 Å². The number of nitrogens with zero attached hydrogens (tertiary/aromatic N) is 3. The average molecular weight is 278 g/mol. The van der Waals surface area contributed by atoms with Crippen molar-refractivity contribution < 1.29 is 10.2 Å². The number of aliphatic hydroxyl groups is 2. The van der Waals surface area contributed by atoms with Gasteiger partial charge in [0, 0.05) is 31.0 Å². The van der Waals surface area contributed by atoms with Crippen molar-refractivity contribution in [3.05, 3.63) is 36.2 Å². The smallest absolute Gasteiger partial charge is 0.0902 e. The second-order valence-electron chi connectivity index (χ2n) is 5.35. The number of H-pyrrole nitrogens is 1. The number of aromatic nitrogens is 3. The molecule has 1 aromatic heterocycles. The fraction of sp³-hybridized carbons (Fsp3) is 0.571. The van der Waals surface area contributed by atoms with Crippen LogP contribution in [-0.4, -0.2) is 63.4 Å². The SMILES string of the molecule is CC1(CN(CCO)CCO)C=CC=CC1c1cn[nH]n1. The Bertz CT molecular complexity index is 452. The first-order valence-electron chi connectivity index (χ1n) is 6.85. The van der Waals surface area contributed by atoms with E-state index in [-0.39, 0.29) is 24.5 Å². The first-order valence-corrected chi connectivity index (χ1v) is 6.85. The summed E-state index contributed by atoms with van der Waals surface area (Å²) in [7, 11) is 0. The van der Waals surface area contributed by atoms with Crippen LogP contribution in [0.25, 0.3) is 0 Å². The van der Waals surface area contributed by atoms with Gasteiger partial charge in [-0.3, -0.25) is 4.90 Å². The molecule has 0 aromatic carbocycles. The first kappa shape index (κ1) is 14.9. The number of hydrogen-bond acceptors (Lipinski definition) is 5. The fourth-order valence-corrected chi connectivity index (χ4v) is 2.76. The van der Waals surface area contributed by atoms with E-state index in [1.807, 2.05) is 12.2 Å². The lowest BCUT2D eigenvalue weighted by atomic mass is 9.72. The Balaban J connectivity index is 2.16. The van der Waals surface area contributed by atoms with Crippen LogP contribution in [0.5, 0.6) is 0 Å². The maximum absolute atomic E-state index is 9.14. The van der Waals surface area contributed by atoms with Crippen molar-refractivity contribution in [1.29, 1.82) is 0 Å². The summed E-state index contributed by atoms with van der Waals surface area (Å²) in [6.45, 7) is 4.19. The number of allylic oxidation sites excluding steroid dienone is 3. The highest BCUT2D eigenvalue weighted by Gasteiger charge is 2.35. The zero-order chi connectivity index (χ0) is 14.4. The van der Waals surface area contributed by atoms with Crippen LogP contribution >= 0.6 is 0 Å². The zero-order valence-corrected chi connectivity index (χ0v) is 11.7. The van der Waals surface area contributed by atoms with Crippen LogP contribution in [0, 0.1) is 5.41 Å². The van der Waals surface area contributed by atoms with Gasteiger partial charge in [-0.15, -0.1) is 0 Å². The summed E-state index contributed by atoms with van der Waals surface area (Å²) in [6, 6.07) is 0. The molecule has 110 valence electrons. The average Bonchev–Trinajstić information content (AvgIpc) is 2.93. The van der Waals surface area contributed by atoms with E-state index in [2.05, 4.69) is 39.4 Å². The van der Waals surface area contributed by atoms with Crippen LogP contribution in [0.3, 0.4) is 0 Å². The molecule has 2 unspecified atom stereocenters. The standard InChI is InChI=1S/C14H22N4O2/c1-14(11-18(6-8-19)7-9-20)5-3-2-4-12(14)13-10-15-17-16-13/h2-5,10,12,19-20H,6-9,11H2,1H3,(H,15,16,17). The Morgan fingerprint density at radius 3 is 2.65 bits per heavy atom. The van der Waals surface area contributed by atoms with Crippen LogP contribution in [0.1, 0.15) is 18.5 Å².